The molecule has 2 amide bonds. The largest absolute Gasteiger partial charge is 0.454 e. The topological polar surface area (TPSA) is 107 Å². The lowest BCUT2D eigenvalue weighted by Gasteiger charge is -2.23. The molecule has 1 aliphatic heterocycles. The fourth-order valence-electron chi connectivity index (χ4n) is 3.57. The van der Waals surface area contributed by atoms with Gasteiger partial charge in [-0.25, -0.2) is 9.37 Å². The van der Waals surface area contributed by atoms with Crippen LogP contribution in [0.2, 0.25) is 0 Å². The molecule has 0 fully saturated rings. The van der Waals surface area contributed by atoms with E-state index in [1.54, 1.807) is 30.3 Å². The number of aromatic nitrogens is 1. The number of carbonyl (C=O) groups excluding carboxylic acids is 2. The minimum Gasteiger partial charge on any atom is -0.454 e. The zero-order valence-corrected chi connectivity index (χ0v) is 19.0. The molecule has 0 spiro atoms. The van der Waals surface area contributed by atoms with Gasteiger partial charge in [-0.05, 0) is 48.5 Å². The van der Waals surface area contributed by atoms with Gasteiger partial charge in [-0.15, -0.1) is 11.3 Å². The van der Waals surface area contributed by atoms with Crippen molar-refractivity contribution < 1.29 is 23.5 Å². The summed E-state index contributed by atoms with van der Waals surface area (Å²) in [6, 6.07) is 17.2. The SMILES string of the molecule is Nc1nc(-c2ccc(NC(=O)CN(C(=O)c3ccc(F)cc3)c3ccc4c(c3)OCO4)cc2)cs1. The highest BCUT2D eigenvalue weighted by Gasteiger charge is 2.24. The second-order valence-electron chi connectivity index (χ2n) is 7.63. The van der Waals surface area contributed by atoms with E-state index in [2.05, 4.69) is 10.3 Å². The first-order valence-corrected chi connectivity index (χ1v) is 11.4. The smallest absolute Gasteiger partial charge is 0.258 e. The van der Waals surface area contributed by atoms with Crippen LogP contribution >= 0.6 is 11.3 Å². The van der Waals surface area contributed by atoms with Crippen LogP contribution in [0.5, 0.6) is 11.5 Å². The Balaban J connectivity index is 1.36. The first-order chi connectivity index (χ1) is 17.0. The number of nitrogen functional groups attached to an aromatic ring is 1. The molecule has 1 aliphatic rings. The van der Waals surface area contributed by atoms with Gasteiger partial charge < -0.3 is 20.5 Å². The monoisotopic (exact) mass is 490 g/mol. The molecule has 5 rings (SSSR count). The fraction of sp³-hybridized carbons (Fsp3) is 0.0800. The number of thiazole rings is 1. The van der Waals surface area contributed by atoms with Crippen molar-refractivity contribution in [3.63, 3.8) is 0 Å². The zero-order chi connectivity index (χ0) is 24.4. The van der Waals surface area contributed by atoms with E-state index >= 15 is 0 Å². The number of nitrogens with one attached hydrogen (secondary N) is 1. The van der Waals surface area contributed by atoms with Crippen molar-refractivity contribution >= 4 is 39.7 Å². The molecule has 4 aromatic rings. The summed E-state index contributed by atoms with van der Waals surface area (Å²) in [5.74, 6) is -0.315. The molecule has 3 N–H and O–H groups in total. The Hall–Kier alpha value is -4.44. The van der Waals surface area contributed by atoms with Gasteiger partial charge in [0.15, 0.2) is 16.6 Å². The molecule has 3 aromatic carbocycles. The summed E-state index contributed by atoms with van der Waals surface area (Å²) in [4.78, 5) is 31.8. The van der Waals surface area contributed by atoms with Crippen LogP contribution < -0.4 is 25.4 Å². The Morgan fingerprint density at radius 3 is 2.49 bits per heavy atom. The van der Waals surface area contributed by atoms with Gasteiger partial charge >= 0.3 is 0 Å². The molecule has 0 aliphatic carbocycles. The number of amides is 2. The van der Waals surface area contributed by atoms with Gasteiger partial charge in [0, 0.05) is 33.9 Å². The number of halogens is 1. The lowest BCUT2D eigenvalue weighted by molar-refractivity contribution is -0.114. The third-order valence-electron chi connectivity index (χ3n) is 5.29. The molecule has 2 heterocycles. The van der Waals surface area contributed by atoms with Gasteiger partial charge in [0.25, 0.3) is 5.91 Å². The van der Waals surface area contributed by atoms with Crippen LogP contribution in [0.1, 0.15) is 10.4 Å². The number of rotatable bonds is 6. The summed E-state index contributed by atoms with van der Waals surface area (Å²) in [6.07, 6.45) is 0. The van der Waals surface area contributed by atoms with E-state index < -0.39 is 17.6 Å². The Labute approximate surface area is 203 Å². The molecule has 0 bridgehead atoms. The van der Waals surface area contributed by atoms with Crippen molar-refractivity contribution in [2.45, 2.75) is 0 Å². The van der Waals surface area contributed by atoms with E-state index in [1.165, 1.54) is 40.5 Å². The number of fused-ring (bicyclic) bond motifs is 1. The number of carbonyl (C=O) groups is 2. The number of anilines is 3. The minimum atomic E-state index is -0.463. The van der Waals surface area contributed by atoms with Gasteiger partial charge in [0.2, 0.25) is 12.7 Å². The maximum atomic E-state index is 13.4. The summed E-state index contributed by atoms with van der Waals surface area (Å²) in [5, 5.41) is 5.14. The maximum Gasteiger partial charge on any atom is 0.258 e. The van der Waals surface area contributed by atoms with Crippen LogP contribution in [0.15, 0.2) is 72.1 Å². The molecule has 8 nitrogen and oxygen atoms in total. The van der Waals surface area contributed by atoms with Crippen LogP contribution in [-0.2, 0) is 4.79 Å². The highest BCUT2D eigenvalue weighted by atomic mass is 32.1. The van der Waals surface area contributed by atoms with Crippen molar-refractivity contribution in [1.82, 2.24) is 4.98 Å². The summed E-state index contributed by atoms with van der Waals surface area (Å²) in [5.41, 5.74) is 8.55. The van der Waals surface area contributed by atoms with Crippen LogP contribution in [-0.4, -0.2) is 30.1 Å². The molecule has 35 heavy (non-hydrogen) atoms. The molecular formula is C25H19FN4O4S. The number of hydrogen-bond acceptors (Lipinski definition) is 7. The Morgan fingerprint density at radius 2 is 1.77 bits per heavy atom. The van der Waals surface area contributed by atoms with E-state index in [-0.39, 0.29) is 18.9 Å². The number of hydrogen-bond donors (Lipinski definition) is 2. The third kappa shape index (κ3) is 4.92. The molecule has 10 heteroatoms. The Kier molecular flexibility index (Phi) is 6.02. The third-order valence-corrected chi connectivity index (χ3v) is 5.97. The van der Waals surface area contributed by atoms with Crippen molar-refractivity contribution in [2.75, 3.05) is 29.3 Å². The van der Waals surface area contributed by atoms with Crippen molar-refractivity contribution in [3.8, 4) is 22.8 Å². The van der Waals surface area contributed by atoms with Gasteiger partial charge in [-0.2, -0.15) is 0 Å². The summed E-state index contributed by atoms with van der Waals surface area (Å²) >= 11 is 1.35. The minimum absolute atomic E-state index is 0.0780. The lowest BCUT2D eigenvalue weighted by atomic mass is 10.1. The first kappa shape index (κ1) is 22.4. The zero-order valence-electron chi connectivity index (χ0n) is 18.2. The van der Waals surface area contributed by atoms with Crippen molar-refractivity contribution in [3.05, 3.63) is 83.5 Å². The van der Waals surface area contributed by atoms with Gasteiger partial charge in [-0.3, -0.25) is 14.5 Å². The molecule has 0 unspecified atom stereocenters. The van der Waals surface area contributed by atoms with Gasteiger partial charge in [0.05, 0.1) is 5.69 Å². The number of benzene rings is 3. The second kappa shape index (κ2) is 9.43. The fourth-order valence-corrected chi connectivity index (χ4v) is 4.14. The molecule has 0 saturated carbocycles. The lowest BCUT2D eigenvalue weighted by Crippen LogP contribution is -2.38. The van der Waals surface area contributed by atoms with E-state index in [0.717, 1.165) is 11.3 Å². The van der Waals surface area contributed by atoms with Crippen LogP contribution in [0, 0.1) is 5.82 Å². The predicted molar refractivity (Wildman–Crippen MR) is 131 cm³/mol. The van der Waals surface area contributed by atoms with Crippen LogP contribution in [0.4, 0.5) is 20.9 Å². The van der Waals surface area contributed by atoms with E-state index in [4.69, 9.17) is 15.2 Å². The average molecular weight is 491 g/mol. The van der Waals surface area contributed by atoms with E-state index in [9.17, 15) is 14.0 Å². The number of nitrogens with two attached hydrogens (primary N) is 1. The summed E-state index contributed by atoms with van der Waals surface area (Å²) in [6.45, 7) is -0.200. The predicted octanol–water partition coefficient (Wildman–Crippen LogP) is 4.55. The van der Waals surface area contributed by atoms with Crippen molar-refractivity contribution in [1.29, 1.82) is 0 Å². The second-order valence-corrected chi connectivity index (χ2v) is 8.52. The van der Waals surface area contributed by atoms with Gasteiger partial charge in [-0.1, -0.05) is 12.1 Å². The van der Waals surface area contributed by atoms with Crippen LogP contribution in [0.3, 0.4) is 0 Å². The maximum absolute atomic E-state index is 13.4. The molecule has 0 saturated heterocycles. The van der Waals surface area contributed by atoms with Gasteiger partial charge in [0.1, 0.15) is 12.4 Å². The highest BCUT2D eigenvalue weighted by molar-refractivity contribution is 7.13. The standard InChI is InChI=1S/C25H19FN4O4S/c26-17-5-1-16(2-6-17)24(32)30(19-9-10-21-22(11-19)34-14-33-21)12-23(31)28-18-7-3-15(4-8-18)20-13-35-25(27)29-20/h1-11,13H,12,14H2,(H2,27,29)(H,28,31). The first-order valence-electron chi connectivity index (χ1n) is 10.5. The Morgan fingerprint density at radius 1 is 1.03 bits per heavy atom. The molecule has 0 radical (unpaired) electrons. The highest BCUT2D eigenvalue weighted by Crippen LogP contribution is 2.36. The van der Waals surface area contributed by atoms with E-state index in [1.807, 2.05) is 17.5 Å². The summed E-state index contributed by atoms with van der Waals surface area (Å²) < 4.78 is 24.1. The number of ether oxygens (including phenoxy) is 2. The average Bonchev–Trinajstić information content (AvgIpc) is 3.51. The normalized spacial score (nSPS) is 11.8. The van der Waals surface area contributed by atoms with Crippen LogP contribution in [0.25, 0.3) is 11.3 Å². The Bertz CT molecular complexity index is 1390. The molecule has 0 atom stereocenters. The molecular weight excluding hydrogens is 471 g/mol. The van der Waals surface area contributed by atoms with E-state index in [0.29, 0.717) is 28.0 Å². The number of nitrogens with zero attached hydrogens (tertiary/aromatic N) is 2. The summed E-state index contributed by atoms with van der Waals surface area (Å²) in [7, 11) is 0. The quantitative estimate of drug-likeness (QED) is 0.411. The molecule has 1 aromatic heterocycles. The van der Waals surface area contributed by atoms with Crippen molar-refractivity contribution in [2.24, 2.45) is 0 Å². The molecule has 176 valence electrons.